The lowest BCUT2D eigenvalue weighted by Crippen LogP contribution is -2.52. The second-order valence-electron chi connectivity index (χ2n) is 4.37. The number of nitrogens with one attached hydrogen (secondary N) is 1. The van der Waals surface area contributed by atoms with Crippen molar-refractivity contribution in [2.45, 2.75) is 37.5 Å². The second kappa shape index (κ2) is 4.78. The molecule has 3 N–H and O–H groups in total. The summed E-state index contributed by atoms with van der Waals surface area (Å²) in [7, 11) is -3.30. The fraction of sp³-hybridized carbons (Fsp3) is 1.00. The lowest BCUT2D eigenvalue weighted by atomic mass is 9.94. The van der Waals surface area contributed by atoms with Crippen molar-refractivity contribution in [2.75, 3.05) is 19.8 Å². The Labute approximate surface area is 91.4 Å². The van der Waals surface area contributed by atoms with Gasteiger partial charge in [-0.25, -0.2) is 13.1 Å². The SMILES string of the molecule is CC(CN)S(=O)(=O)NC1(C)CCOCC1. The molecule has 0 aromatic carbocycles. The Balaban J connectivity index is 2.67. The minimum Gasteiger partial charge on any atom is -0.381 e. The zero-order valence-electron chi connectivity index (χ0n) is 9.32. The van der Waals surface area contributed by atoms with Crippen LogP contribution in [0.25, 0.3) is 0 Å². The van der Waals surface area contributed by atoms with Crippen molar-refractivity contribution >= 4 is 10.0 Å². The lowest BCUT2D eigenvalue weighted by Gasteiger charge is -2.34. The molecule has 1 aliphatic heterocycles. The number of nitrogens with two attached hydrogens (primary N) is 1. The second-order valence-corrected chi connectivity index (χ2v) is 6.47. The monoisotopic (exact) mass is 236 g/mol. The summed E-state index contributed by atoms with van der Waals surface area (Å²) in [6.07, 6.45) is 1.42. The highest BCUT2D eigenvalue weighted by atomic mass is 32.2. The quantitative estimate of drug-likeness (QED) is 0.709. The van der Waals surface area contributed by atoms with Gasteiger partial charge in [-0.05, 0) is 26.7 Å². The molecule has 0 saturated carbocycles. The zero-order chi connectivity index (χ0) is 11.5. The third kappa shape index (κ3) is 3.41. The van der Waals surface area contributed by atoms with Crippen LogP contribution in [0, 0.1) is 0 Å². The molecule has 1 atom stereocenters. The summed E-state index contributed by atoms with van der Waals surface area (Å²) in [5.74, 6) is 0. The van der Waals surface area contributed by atoms with Gasteiger partial charge >= 0.3 is 0 Å². The van der Waals surface area contributed by atoms with Gasteiger partial charge in [0, 0.05) is 25.3 Å². The highest BCUT2D eigenvalue weighted by Crippen LogP contribution is 2.21. The molecule has 0 aliphatic carbocycles. The number of sulfonamides is 1. The standard InChI is InChI=1S/C9H20N2O3S/c1-8(7-10)15(12,13)11-9(2)3-5-14-6-4-9/h8,11H,3-7,10H2,1-2H3. The molecule has 0 radical (unpaired) electrons. The van der Waals surface area contributed by atoms with Crippen LogP contribution in [-0.4, -0.2) is 39.0 Å². The molecule has 0 bridgehead atoms. The van der Waals surface area contributed by atoms with E-state index in [1.54, 1.807) is 6.92 Å². The van der Waals surface area contributed by atoms with Crippen molar-refractivity contribution in [3.05, 3.63) is 0 Å². The first kappa shape index (κ1) is 12.9. The van der Waals surface area contributed by atoms with Crippen LogP contribution in [0.4, 0.5) is 0 Å². The first-order chi connectivity index (χ1) is 6.90. The van der Waals surface area contributed by atoms with Gasteiger partial charge in [-0.2, -0.15) is 0 Å². The predicted octanol–water partition coefficient (Wildman–Crippen LogP) is -0.178. The molecule has 5 nitrogen and oxygen atoms in total. The Bertz CT molecular complexity index is 296. The average Bonchev–Trinajstić information content (AvgIpc) is 2.16. The normalized spacial score (nSPS) is 23.7. The smallest absolute Gasteiger partial charge is 0.215 e. The van der Waals surface area contributed by atoms with Gasteiger partial charge in [0.2, 0.25) is 10.0 Å². The highest BCUT2D eigenvalue weighted by Gasteiger charge is 2.33. The Kier molecular flexibility index (Phi) is 4.11. The van der Waals surface area contributed by atoms with E-state index in [2.05, 4.69) is 4.72 Å². The van der Waals surface area contributed by atoms with Crippen molar-refractivity contribution in [1.82, 2.24) is 4.72 Å². The van der Waals surface area contributed by atoms with E-state index < -0.39 is 15.3 Å². The maximum atomic E-state index is 11.8. The van der Waals surface area contributed by atoms with Gasteiger partial charge < -0.3 is 10.5 Å². The minimum atomic E-state index is -3.30. The molecule has 0 aromatic heterocycles. The van der Waals surface area contributed by atoms with E-state index in [1.165, 1.54) is 0 Å². The Morgan fingerprint density at radius 3 is 2.47 bits per heavy atom. The minimum absolute atomic E-state index is 0.141. The largest absolute Gasteiger partial charge is 0.381 e. The van der Waals surface area contributed by atoms with Gasteiger partial charge in [-0.15, -0.1) is 0 Å². The molecule has 1 aliphatic rings. The van der Waals surface area contributed by atoms with Gasteiger partial charge in [0.05, 0.1) is 5.25 Å². The van der Waals surface area contributed by atoms with Crippen LogP contribution < -0.4 is 10.5 Å². The van der Waals surface area contributed by atoms with Crippen molar-refractivity contribution < 1.29 is 13.2 Å². The van der Waals surface area contributed by atoms with E-state index in [0.29, 0.717) is 26.1 Å². The fourth-order valence-corrected chi connectivity index (χ4v) is 2.84. The van der Waals surface area contributed by atoms with E-state index in [0.717, 1.165) is 0 Å². The first-order valence-electron chi connectivity index (χ1n) is 5.20. The number of ether oxygens (including phenoxy) is 1. The number of hydrogen-bond donors (Lipinski definition) is 2. The van der Waals surface area contributed by atoms with Gasteiger partial charge in [0.1, 0.15) is 0 Å². The summed E-state index contributed by atoms with van der Waals surface area (Å²) in [6.45, 7) is 4.88. The molecular weight excluding hydrogens is 216 g/mol. The lowest BCUT2D eigenvalue weighted by molar-refractivity contribution is 0.0537. The summed E-state index contributed by atoms with van der Waals surface area (Å²) in [5, 5.41) is -0.544. The topological polar surface area (TPSA) is 81.4 Å². The van der Waals surface area contributed by atoms with Crippen molar-refractivity contribution in [1.29, 1.82) is 0 Å². The molecule has 1 rings (SSSR count). The van der Waals surface area contributed by atoms with Crippen molar-refractivity contribution in [3.8, 4) is 0 Å². The molecule has 0 amide bonds. The number of rotatable bonds is 4. The predicted molar refractivity (Wildman–Crippen MR) is 59.0 cm³/mol. The van der Waals surface area contributed by atoms with Gasteiger partial charge in [0.15, 0.2) is 0 Å². The summed E-state index contributed by atoms with van der Waals surface area (Å²) >= 11 is 0. The first-order valence-corrected chi connectivity index (χ1v) is 6.75. The van der Waals surface area contributed by atoms with Crippen LogP contribution in [0.15, 0.2) is 0 Å². The van der Waals surface area contributed by atoms with E-state index in [4.69, 9.17) is 10.5 Å². The maximum absolute atomic E-state index is 11.8. The molecule has 1 unspecified atom stereocenters. The summed E-state index contributed by atoms with van der Waals surface area (Å²) in [5.41, 5.74) is 4.99. The van der Waals surface area contributed by atoms with Crippen LogP contribution in [0.3, 0.4) is 0 Å². The molecule has 0 aromatic rings. The molecule has 6 heteroatoms. The van der Waals surface area contributed by atoms with E-state index in [9.17, 15) is 8.42 Å². The third-order valence-electron chi connectivity index (χ3n) is 2.85. The van der Waals surface area contributed by atoms with E-state index >= 15 is 0 Å². The molecule has 1 saturated heterocycles. The van der Waals surface area contributed by atoms with E-state index in [-0.39, 0.29) is 12.1 Å². The number of hydrogen-bond acceptors (Lipinski definition) is 4. The Hall–Kier alpha value is -0.170. The maximum Gasteiger partial charge on any atom is 0.215 e. The van der Waals surface area contributed by atoms with Crippen LogP contribution in [0.1, 0.15) is 26.7 Å². The summed E-state index contributed by atoms with van der Waals surface area (Å²) in [4.78, 5) is 0. The van der Waals surface area contributed by atoms with Gasteiger partial charge in [-0.1, -0.05) is 0 Å². The van der Waals surface area contributed by atoms with Gasteiger partial charge in [-0.3, -0.25) is 0 Å². The molecule has 90 valence electrons. The highest BCUT2D eigenvalue weighted by molar-refractivity contribution is 7.90. The van der Waals surface area contributed by atoms with Crippen LogP contribution in [0.5, 0.6) is 0 Å². The van der Waals surface area contributed by atoms with Gasteiger partial charge in [0.25, 0.3) is 0 Å². The van der Waals surface area contributed by atoms with Crippen molar-refractivity contribution in [3.63, 3.8) is 0 Å². The van der Waals surface area contributed by atoms with Crippen LogP contribution >= 0.6 is 0 Å². The molecule has 0 spiro atoms. The third-order valence-corrected chi connectivity index (χ3v) is 4.88. The fourth-order valence-electron chi connectivity index (χ4n) is 1.49. The zero-order valence-corrected chi connectivity index (χ0v) is 10.1. The molecular formula is C9H20N2O3S. The Morgan fingerprint density at radius 1 is 1.47 bits per heavy atom. The Morgan fingerprint density at radius 2 is 2.00 bits per heavy atom. The van der Waals surface area contributed by atoms with Crippen LogP contribution in [-0.2, 0) is 14.8 Å². The van der Waals surface area contributed by atoms with Crippen LogP contribution in [0.2, 0.25) is 0 Å². The van der Waals surface area contributed by atoms with E-state index in [1.807, 2.05) is 6.92 Å². The molecule has 15 heavy (non-hydrogen) atoms. The summed E-state index contributed by atoms with van der Waals surface area (Å²) in [6, 6.07) is 0. The average molecular weight is 236 g/mol. The molecule has 1 fully saturated rings. The molecule has 1 heterocycles. The van der Waals surface area contributed by atoms with Crippen molar-refractivity contribution in [2.24, 2.45) is 5.73 Å². The summed E-state index contributed by atoms with van der Waals surface area (Å²) < 4.78 is 31.5.